The molecule has 1 aliphatic heterocycles. The molecule has 0 radical (unpaired) electrons. The molecule has 3 aromatic carbocycles. The van der Waals surface area contributed by atoms with Crippen molar-refractivity contribution in [3.05, 3.63) is 78.4 Å². The van der Waals surface area contributed by atoms with Gasteiger partial charge in [0.2, 0.25) is 11.8 Å². The molecule has 162 valence electrons. The van der Waals surface area contributed by atoms with E-state index in [1.54, 1.807) is 11.8 Å². The second-order valence-electron chi connectivity index (χ2n) is 8.18. The molecule has 0 unspecified atom stereocenters. The molecule has 0 bridgehead atoms. The van der Waals surface area contributed by atoms with Crippen LogP contribution in [-0.4, -0.2) is 18.4 Å². The summed E-state index contributed by atoms with van der Waals surface area (Å²) in [5.74, 6) is 0.263. The zero-order valence-corrected chi connectivity index (χ0v) is 18.5. The molecule has 2 N–H and O–H groups in total. The number of para-hydroxylation sites is 2. The largest absolute Gasteiger partial charge is 0.352 e. The fraction of sp³-hybridized carbons (Fsp3) is 0.231. The number of fused-ring (bicyclic) bond motifs is 2. The Hall–Kier alpha value is -3.25. The monoisotopic (exact) mass is 443 g/mol. The third-order valence-corrected chi connectivity index (χ3v) is 6.86. The summed E-state index contributed by atoms with van der Waals surface area (Å²) in [5.41, 5.74) is 4.04. The molecule has 2 amide bonds. The highest BCUT2D eigenvalue weighted by Gasteiger charge is 2.29. The number of hydrogen-bond donors (Lipinski definition) is 2. The molecule has 0 saturated heterocycles. The fourth-order valence-electron chi connectivity index (χ4n) is 3.87. The summed E-state index contributed by atoms with van der Waals surface area (Å²) in [6, 6.07) is 24.3. The van der Waals surface area contributed by atoms with E-state index in [4.69, 9.17) is 0 Å². The molecule has 1 saturated carbocycles. The van der Waals surface area contributed by atoms with Crippen molar-refractivity contribution in [1.29, 1.82) is 0 Å². The minimum absolute atomic E-state index is 0.00519. The number of benzene rings is 3. The molecular formula is C26H25N3O2S. The molecule has 1 fully saturated rings. The lowest BCUT2D eigenvalue weighted by Crippen LogP contribution is -2.29. The van der Waals surface area contributed by atoms with Crippen LogP contribution in [0, 0.1) is 5.92 Å². The van der Waals surface area contributed by atoms with Crippen molar-refractivity contribution in [3.8, 4) is 0 Å². The fourth-order valence-corrected chi connectivity index (χ4v) is 4.97. The normalized spacial score (nSPS) is 14.3. The summed E-state index contributed by atoms with van der Waals surface area (Å²) < 4.78 is 0. The van der Waals surface area contributed by atoms with E-state index in [0.29, 0.717) is 19.5 Å². The lowest BCUT2D eigenvalue weighted by Gasteiger charge is -2.32. The van der Waals surface area contributed by atoms with Crippen LogP contribution >= 0.6 is 11.8 Å². The third-order valence-electron chi connectivity index (χ3n) is 5.73. The van der Waals surface area contributed by atoms with Gasteiger partial charge in [-0.2, -0.15) is 0 Å². The lowest BCUT2D eigenvalue weighted by atomic mass is 10.2. The second-order valence-corrected chi connectivity index (χ2v) is 9.26. The van der Waals surface area contributed by atoms with Gasteiger partial charge in [-0.1, -0.05) is 48.2 Å². The highest BCUT2D eigenvalue weighted by atomic mass is 32.2. The van der Waals surface area contributed by atoms with E-state index in [1.165, 1.54) is 9.79 Å². The molecule has 3 aromatic rings. The maximum Gasteiger partial charge on any atom is 0.227 e. The summed E-state index contributed by atoms with van der Waals surface area (Å²) >= 11 is 1.77. The first kappa shape index (κ1) is 20.6. The summed E-state index contributed by atoms with van der Waals surface area (Å²) in [6.45, 7) is 1.05. The van der Waals surface area contributed by atoms with Crippen molar-refractivity contribution in [1.82, 2.24) is 5.32 Å². The van der Waals surface area contributed by atoms with Crippen molar-refractivity contribution in [2.24, 2.45) is 5.92 Å². The van der Waals surface area contributed by atoms with Crippen molar-refractivity contribution in [2.75, 3.05) is 16.8 Å². The van der Waals surface area contributed by atoms with Crippen LogP contribution in [-0.2, 0) is 16.1 Å². The molecule has 0 aromatic heterocycles. The highest BCUT2D eigenvalue weighted by molar-refractivity contribution is 7.99. The average Bonchev–Trinajstić information content (AvgIpc) is 3.66. The first-order valence-corrected chi connectivity index (χ1v) is 11.8. The van der Waals surface area contributed by atoms with Gasteiger partial charge in [0.15, 0.2) is 0 Å². The van der Waals surface area contributed by atoms with Crippen LogP contribution in [0.4, 0.5) is 17.1 Å². The quantitative estimate of drug-likeness (QED) is 0.517. The Labute approximate surface area is 192 Å². The van der Waals surface area contributed by atoms with Crippen molar-refractivity contribution in [3.63, 3.8) is 0 Å². The topological polar surface area (TPSA) is 61.4 Å². The van der Waals surface area contributed by atoms with Gasteiger partial charge in [0.1, 0.15) is 0 Å². The molecule has 32 heavy (non-hydrogen) atoms. The maximum absolute atomic E-state index is 12.6. The molecule has 0 atom stereocenters. The van der Waals surface area contributed by atoms with Gasteiger partial charge in [-0.05, 0) is 54.8 Å². The van der Waals surface area contributed by atoms with Crippen LogP contribution in [0.5, 0.6) is 0 Å². The lowest BCUT2D eigenvalue weighted by molar-refractivity contribution is -0.121. The number of nitrogens with zero attached hydrogens (tertiary/aromatic N) is 1. The predicted octanol–water partition coefficient (Wildman–Crippen LogP) is 5.34. The van der Waals surface area contributed by atoms with Crippen molar-refractivity contribution >= 4 is 40.6 Å². The van der Waals surface area contributed by atoms with Crippen LogP contribution < -0.4 is 15.5 Å². The molecule has 1 heterocycles. The number of nitrogens with one attached hydrogen (secondary N) is 2. The first-order valence-electron chi connectivity index (χ1n) is 11.0. The summed E-state index contributed by atoms with van der Waals surface area (Å²) in [4.78, 5) is 29.2. The molecule has 5 nitrogen and oxygen atoms in total. The van der Waals surface area contributed by atoms with Crippen LogP contribution in [0.3, 0.4) is 0 Å². The van der Waals surface area contributed by atoms with Crippen molar-refractivity contribution < 1.29 is 9.59 Å². The number of rotatable bonds is 7. The van der Waals surface area contributed by atoms with E-state index in [2.05, 4.69) is 39.8 Å². The summed E-state index contributed by atoms with van der Waals surface area (Å²) in [7, 11) is 0. The maximum atomic E-state index is 12.6. The number of hydrogen-bond acceptors (Lipinski definition) is 4. The minimum atomic E-state index is 0.00519. The number of amides is 2. The zero-order valence-electron chi connectivity index (χ0n) is 17.7. The van der Waals surface area contributed by atoms with E-state index in [0.717, 1.165) is 35.5 Å². The van der Waals surface area contributed by atoms with Gasteiger partial charge in [0, 0.05) is 40.9 Å². The molecule has 2 aliphatic rings. The zero-order chi connectivity index (χ0) is 21.9. The predicted molar refractivity (Wildman–Crippen MR) is 128 cm³/mol. The van der Waals surface area contributed by atoms with Gasteiger partial charge in [-0.25, -0.2) is 0 Å². The van der Waals surface area contributed by atoms with E-state index in [1.807, 2.05) is 48.5 Å². The smallest absolute Gasteiger partial charge is 0.227 e. The Morgan fingerprint density at radius 3 is 2.28 bits per heavy atom. The minimum Gasteiger partial charge on any atom is -0.352 e. The third kappa shape index (κ3) is 4.65. The number of anilines is 3. The first-order chi connectivity index (χ1) is 15.7. The van der Waals surface area contributed by atoms with Gasteiger partial charge in [0.05, 0.1) is 11.4 Å². The summed E-state index contributed by atoms with van der Waals surface area (Å²) in [6.07, 6.45) is 2.35. The van der Waals surface area contributed by atoms with Crippen LogP contribution in [0.2, 0.25) is 0 Å². The summed E-state index contributed by atoms with van der Waals surface area (Å²) in [5, 5.41) is 5.98. The highest BCUT2D eigenvalue weighted by Crippen LogP contribution is 2.47. The molecule has 1 aliphatic carbocycles. The molecule has 6 heteroatoms. The van der Waals surface area contributed by atoms with Gasteiger partial charge in [-0.3, -0.25) is 9.59 Å². The van der Waals surface area contributed by atoms with E-state index in [9.17, 15) is 9.59 Å². The average molecular weight is 444 g/mol. The Bertz CT molecular complexity index is 1110. The van der Waals surface area contributed by atoms with Gasteiger partial charge in [-0.15, -0.1) is 0 Å². The van der Waals surface area contributed by atoms with Gasteiger partial charge in [0.25, 0.3) is 0 Å². The van der Waals surface area contributed by atoms with Crippen LogP contribution in [0.1, 0.15) is 24.8 Å². The Balaban J connectivity index is 1.19. The number of carbonyl (C=O) groups excluding carboxylic acids is 2. The molecular weight excluding hydrogens is 418 g/mol. The van der Waals surface area contributed by atoms with E-state index >= 15 is 0 Å². The second kappa shape index (κ2) is 9.09. The molecule has 0 spiro atoms. The Morgan fingerprint density at radius 1 is 0.906 bits per heavy atom. The standard InChI is InChI=1S/C26H25N3O2S/c30-25(27-17-18-6-5-7-20(16-18)28-26(31)19-12-13-19)14-15-29-21-8-1-3-10-23(21)32-24-11-4-2-9-22(24)29/h1-11,16,19H,12-15,17H2,(H,27,30)(H,28,31). The van der Waals surface area contributed by atoms with Crippen LogP contribution in [0.15, 0.2) is 82.6 Å². The van der Waals surface area contributed by atoms with Gasteiger partial charge < -0.3 is 15.5 Å². The Morgan fingerprint density at radius 2 is 1.59 bits per heavy atom. The van der Waals surface area contributed by atoms with Crippen molar-refractivity contribution in [2.45, 2.75) is 35.6 Å². The van der Waals surface area contributed by atoms with Gasteiger partial charge >= 0.3 is 0 Å². The van der Waals surface area contributed by atoms with E-state index in [-0.39, 0.29) is 17.7 Å². The Kier molecular flexibility index (Phi) is 5.86. The van der Waals surface area contributed by atoms with Crippen LogP contribution in [0.25, 0.3) is 0 Å². The number of carbonyl (C=O) groups is 2. The molecule has 5 rings (SSSR count). The SMILES string of the molecule is O=C(CCN1c2ccccc2Sc2ccccc21)NCc1cccc(NC(=O)C2CC2)c1. The van der Waals surface area contributed by atoms with E-state index < -0.39 is 0 Å².